The van der Waals surface area contributed by atoms with E-state index in [2.05, 4.69) is 0 Å². The molecule has 0 saturated carbocycles. The molecule has 0 bridgehead atoms. The Bertz CT molecular complexity index is 987. The number of hydrogen-bond acceptors (Lipinski definition) is 5. The summed E-state index contributed by atoms with van der Waals surface area (Å²) < 4.78 is 65.0. The van der Waals surface area contributed by atoms with Crippen molar-refractivity contribution in [2.45, 2.75) is 25.6 Å². The third-order valence-electron chi connectivity index (χ3n) is 3.79. The molecule has 1 atom stereocenters. The molecule has 0 fully saturated rings. The molecule has 0 aliphatic carbocycles. The fourth-order valence-corrected chi connectivity index (χ4v) is 4.54. The normalized spacial score (nSPS) is 15.0. The third kappa shape index (κ3) is 3.84. The minimum absolute atomic E-state index is 0.0424. The van der Waals surface area contributed by atoms with E-state index in [-0.39, 0.29) is 22.3 Å². The van der Waals surface area contributed by atoms with Crippen LogP contribution in [0.1, 0.15) is 30.7 Å². The molecule has 1 aromatic heterocycles. The van der Waals surface area contributed by atoms with Crippen LogP contribution in [0.2, 0.25) is 0 Å². The summed E-state index contributed by atoms with van der Waals surface area (Å²) in [6.45, 7) is 3.27. The van der Waals surface area contributed by atoms with Gasteiger partial charge in [-0.3, -0.25) is 0 Å². The van der Waals surface area contributed by atoms with Crippen LogP contribution in [0.4, 0.5) is 13.2 Å². The number of nitriles is 1. The zero-order chi connectivity index (χ0) is 19.9. The number of benzene rings is 1. The van der Waals surface area contributed by atoms with E-state index in [1.54, 1.807) is 0 Å². The standard InChI is InChI=1S/C16H17F3N2O3S2/c1-4-25-9-15(2,22)14-6-10-5-11(8-20)12(16(17,18)19)7-13(10)21(14)26(3,23)24/h5-7,22H,4,9H2,1-3H3. The van der Waals surface area contributed by atoms with Gasteiger partial charge in [0, 0.05) is 11.1 Å². The lowest BCUT2D eigenvalue weighted by Crippen LogP contribution is -2.30. The number of fused-ring (bicyclic) bond motifs is 1. The van der Waals surface area contributed by atoms with Crippen molar-refractivity contribution >= 4 is 32.7 Å². The van der Waals surface area contributed by atoms with E-state index in [0.717, 1.165) is 16.3 Å². The largest absolute Gasteiger partial charge is 0.417 e. The smallest absolute Gasteiger partial charge is 0.383 e. The molecular weight excluding hydrogens is 389 g/mol. The van der Waals surface area contributed by atoms with E-state index < -0.39 is 32.9 Å². The number of aliphatic hydroxyl groups is 1. The molecule has 0 spiro atoms. The van der Waals surface area contributed by atoms with Crippen molar-refractivity contribution < 1.29 is 26.7 Å². The van der Waals surface area contributed by atoms with Crippen LogP contribution in [-0.2, 0) is 21.8 Å². The van der Waals surface area contributed by atoms with Crippen LogP contribution in [0.25, 0.3) is 10.9 Å². The van der Waals surface area contributed by atoms with Gasteiger partial charge in [-0.2, -0.15) is 30.2 Å². The molecule has 1 unspecified atom stereocenters. The number of aromatic nitrogens is 1. The van der Waals surface area contributed by atoms with Gasteiger partial charge in [0.25, 0.3) is 0 Å². The number of rotatable bonds is 5. The minimum atomic E-state index is -4.81. The van der Waals surface area contributed by atoms with Crippen molar-refractivity contribution in [3.63, 3.8) is 0 Å². The van der Waals surface area contributed by atoms with Crippen molar-refractivity contribution in [1.82, 2.24) is 3.97 Å². The molecule has 1 aromatic carbocycles. The molecule has 0 aliphatic heterocycles. The van der Waals surface area contributed by atoms with Gasteiger partial charge in [-0.1, -0.05) is 6.92 Å². The van der Waals surface area contributed by atoms with E-state index >= 15 is 0 Å². The molecule has 1 heterocycles. The molecule has 5 nitrogen and oxygen atoms in total. The van der Waals surface area contributed by atoms with Gasteiger partial charge in [-0.25, -0.2) is 12.4 Å². The van der Waals surface area contributed by atoms with Crippen LogP contribution < -0.4 is 0 Å². The zero-order valence-corrected chi connectivity index (χ0v) is 15.9. The van der Waals surface area contributed by atoms with E-state index in [4.69, 9.17) is 5.26 Å². The monoisotopic (exact) mass is 406 g/mol. The van der Waals surface area contributed by atoms with Crippen LogP contribution in [-0.4, -0.2) is 35.3 Å². The lowest BCUT2D eigenvalue weighted by atomic mass is 10.0. The fourth-order valence-electron chi connectivity index (χ4n) is 2.67. The Kier molecular flexibility index (Phi) is 5.38. The average Bonchev–Trinajstić information content (AvgIpc) is 2.90. The van der Waals surface area contributed by atoms with Crippen LogP contribution in [0.5, 0.6) is 0 Å². The summed E-state index contributed by atoms with van der Waals surface area (Å²) in [5, 5.41) is 19.9. The van der Waals surface area contributed by atoms with Gasteiger partial charge in [-0.05, 0) is 30.9 Å². The van der Waals surface area contributed by atoms with E-state index in [9.17, 15) is 26.7 Å². The summed E-state index contributed by atoms with van der Waals surface area (Å²) in [7, 11) is -4.01. The molecule has 0 amide bonds. The van der Waals surface area contributed by atoms with Crippen molar-refractivity contribution in [2.24, 2.45) is 0 Å². The van der Waals surface area contributed by atoms with E-state index in [0.29, 0.717) is 11.8 Å². The van der Waals surface area contributed by atoms with E-state index in [1.165, 1.54) is 30.8 Å². The van der Waals surface area contributed by atoms with Gasteiger partial charge in [0.2, 0.25) is 10.0 Å². The second-order valence-corrected chi connectivity index (χ2v) is 9.14. The molecule has 0 saturated heterocycles. The Morgan fingerprint density at radius 3 is 2.38 bits per heavy atom. The lowest BCUT2D eigenvalue weighted by molar-refractivity contribution is -0.137. The predicted molar refractivity (Wildman–Crippen MR) is 94.5 cm³/mol. The fraction of sp³-hybridized carbons (Fsp3) is 0.438. The SMILES string of the molecule is CCSCC(C)(O)c1cc2cc(C#N)c(C(F)(F)F)cc2n1S(C)(=O)=O. The van der Waals surface area contributed by atoms with Gasteiger partial charge in [0.15, 0.2) is 0 Å². The van der Waals surface area contributed by atoms with Crippen molar-refractivity contribution in [3.05, 3.63) is 35.0 Å². The molecule has 1 N–H and O–H groups in total. The van der Waals surface area contributed by atoms with Crippen LogP contribution in [0.15, 0.2) is 18.2 Å². The Labute approximate surface area is 153 Å². The highest BCUT2D eigenvalue weighted by Gasteiger charge is 2.36. The molecule has 0 radical (unpaired) electrons. The predicted octanol–water partition coefficient (Wildman–Crippen LogP) is 3.30. The van der Waals surface area contributed by atoms with Crippen molar-refractivity contribution in [2.75, 3.05) is 17.8 Å². The van der Waals surface area contributed by atoms with Gasteiger partial charge >= 0.3 is 6.18 Å². The second kappa shape index (κ2) is 6.79. The summed E-state index contributed by atoms with van der Waals surface area (Å²) >= 11 is 1.36. The highest BCUT2D eigenvalue weighted by Crippen LogP contribution is 2.38. The Hall–Kier alpha value is -1.70. The third-order valence-corrected chi connectivity index (χ3v) is 6.02. The molecule has 10 heteroatoms. The molecule has 142 valence electrons. The van der Waals surface area contributed by atoms with E-state index in [1.807, 2.05) is 6.92 Å². The first kappa shape index (κ1) is 20.6. The lowest BCUT2D eigenvalue weighted by Gasteiger charge is -2.24. The summed E-state index contributed by atoms with van der Waals surface area (Å²) in [6, 6.07) is 4.44. The average molecular weight is 406 g/mol. The topological polar surface area (TPSA) is 83.1 Å². The highest BCUT2D eigenvalue weighted by atomic mass is 32.2. The second-order valence-electron chi connectivity index (χ2n) is 6.03. The summed E-state index contributed by atoms with van der Waals surface area (Å²) in [6.07, 6.45) is -3.96. The molecule has 0 aliphatic rings. The summed E-state index contributed by atoms with van der Waals surface area (Å²) in [5.74, 6) is 0.832. The maximum Gasteiger partial charge on any atom is 0.417 e. The minimum Gasteiger partial charge on any atom is -0.383 e. The van der Waals surface area contributed by atoms with Crippen LogP contribution >= 0.6 is 11.8 Å². The highest BCUT2D eigenvalue weighted by molar-refractivity contribution is 7.99. The number of halogens is 3. The molecule has 2 rings (SSSR count). The van der Waals surface area contributed by atoms with Gasteiger partial charge < -0.3 is 5.11 Å². The number of alkyl halides is 3. The number of thioether (sulfide) groups is 1. The Morgan fingerprint density at radius 2 is 1.92 bits per heavy atom. The summed E-state index contributed by atoms with van der Waals surface area (Å²) in [4.78, 5) is 0. The van der Waals surface area contributed by atoms with Crippen molar-refractivity contribution in [1.29, 1.82) is 5.26 Å². The molecule has 26 heavy (non-hydrogen) atoms. The Balaban J connectivity index is 2.91. The molecule has 2 aromatic rings. The van der Waals surface area contributed by atoms with Gasteiger partial charge in [-0.15, -0.1) is 0 Å². The van der Waals surface area contributed by atoms with Crippen molar-refractivity contribution in [3.8, 4) is 6.07 Å². The van der Waals surface area contributed by atoms with Gasteiger partial charge in [0.05, 0.1) is 34.7 Å². The van der Waals surface area contributed by atoms with Crippen LogP contribution in [0.3, 0.4) is 0 Å². The maximum absolute atomic E-state index is 13.2. The molecular formula is C16H17F3N2O3S2. The Morgan fingerprint density at radius 1 is 1.31 bits per heavy atom. The summed E-state index contributed by atoms with van der Waals surface area (Å²) in [5.41, 5.74) is -3.68. The van der Waals surface area contributed by atoms with Gasteiger partial charge in [0.1, 0.15) is 5.60 Å². The first-order valence-corrected chi connectivity index (χ1v) is 10.5. The first-order valence-electron chi connectivity index (χ1n) is 7.51. The number of nitrogens with zero attached hydrogens (tertiary/aromatic N) is 2. The zero-order valence-electron chi connectivity index (χ0n) is 14.3. The quantitative estimate of drug-likeness (QED) is 0.824. The van der Waals surface area contributed by atoms with Crippen LogP contribution in [0, 0.1) is 11.3 Å². The maximum atomic E-state index is 13.2. The number of hydrogen-bond donors (Lipinski definition) is 1. The first-order chi connectivity index (χ1) is 11.8.